The Morgan fingerprint density at radius 3 is 2.87 bits per heavy atom. The molecule has 0 aliphatic carbocycles. The van der Waals surface area contributed by atoms with Crippen molar-refractivity contribution in [3.63, 3.8) is 0 Å². The number of benzene rings is 1. The van der Waals surface area contributed by atoms with E-state index < -0.39 is 6.10 Å². The van der Waals surface area contributed by atoms with Crippen LogP contribution in [0.5, 0.6) is 0 Å². The summed E-state index contributed by atoms with van der Waals surface area (Å²) in [4.78, 5) is 15.1. The van der Waals surface area contributed by atoms with Crippen molar-refractivity contribution >= 4 is 27.3 Å². The molecule has 124 valence electrons. The maximum atomic E-state index is 12.0. The molecule has 2 N–H and O–H groups in total. The van der Waals surface area contributed by atoms with Gasteiger partial charge in [0.2, 0.25) is 5.91 Å². The highest BCUT2D eigenvalue weighted by molar-refractivity contribution is 7.19. The molecule has 1 saturated heterocycles. The highest BCUT2D eigenvalue weighted by Crippen LogP contribution is 2.29. The molecule has 0 radical (unpaired) electrons. The lowest BCUT2D eigenvalue weighted by Gasteiger charge is -2.29. The Labute approximate surface area is 141 Å². The van der Waals surface area contributed by atoms with Crippen molar-refractivity contribution in [3.8, 4) is 0 Å². The monoisotopic (exact) mass is 332 g/mol. The van der Waals surface area contributed by atoms with Crippen LogP contribution in [0.25, 0.3) is 10.1 Å². The molecule has 2 aromatic rings. The van der Waals surface area contributed by atoms with E-state index in [9.17, 15) is 9.90 Å². The van der Waals surface area contributed by atoms with Gasteiger partial charge in [-0.15, -0.1) is 11.3 Å². The topological polar surface area (TPSA) is 52.6 Å². The maximum Gasteiger partial charge on any atom is 0.234 e. The summed E-state index contributed by atoms with van der Waals surface area (Å²) in [7, 11) is 0. The molecule has 3 rings (SSSR count). The summed E-state index contributed by atoms with van der Waals surface area (Å²) in [5.41, 5.74) is 0. The van der Waals surface area contributed by atoms with Crippen molar-refractivity contribution in [1.82, 2.24) is 10.2 Å². The minimum atomic E-state index is -0.641. The van der Waals surface area contributed by atoms with Gasteiger partial charge in [0.1, 0.15) is 6.10 Å². The van der Waals surface area contributed by atoms with E-state index in [2.05, 4.69) is 17.1 Å². The first-order valence-corrected chi connectivity index (χ1v) is 9.09. The number of rotatable bonds is 5. The van der Waals surface area contributed by atoms with Gasteiger partial charge < -0.3 is 10.4 Å². The Morgan fingerprint density at radius 2 is 2.13 bits per heavy atom. The minimum Gasteiger partial charge on any atom is -0.386 e. The van der Waals surface area contributed by atoms with Gasteiger partial charge in [0, 0.05) is 16.1 Å². The first-order chi connectivity index (χ1) is 11.1. The number of carbonyl (C=O) groups is 1. The van der Waals surface area contributed by atoms with Gasteiger partial charge in [-0.1, -0.05) is 25.1 Å². The molecule has 0 spiro atoms. The van der Waals surface area contributed by atoms with Gasteiger partial charge in [0.05, 0.1) is 6.54 Å². The quantitative estimate of drug-likeness (QED) is 0.885. The second kappa shape index (κ2) is 7.43. The van der Waals surface area contributed by atoms with Crippen molar-refractivity contribution in [2.75, 3.05) is 26.2 Å². The molecule has 1 aliphatic heterocycles. The van der Waals surface area contributed by atoms with Crippen LogP contribution in [0.4, 0.5) is 0 Å². The Kier molecular flexibility index (Phi) is 5.30. The van der Waals surface area contributed by atoms with Crippen LogP contribution in [-0.2, 0) is 4.79 Å². The summed E-state index contributed by atoms with van der Waals surface area (Å²) in [6, 6.07) is 10.1. The fourth-order valence-electron chi connectivity index (χ4n) is 2.96. The van der Waals surface area contributed by atoms with Crippen LogP contribution in [0, 0.1) is 5.92 Å². The largest absolute Gasteiger partial charge is 0.386 e. The number of aliphatic hydroxyl groups excluding tert-OH is 1. The number of piperidine rings is 1. The molecule has 1 aliphatic rings. The predicted octanol–water partition coefficient (Wildman–Crippen LogP) is 2.78. The lowest BCUT2D eigenvalue weighted by Crippen LogP contribution is -2.42. The molecule has 1 amide bonds. The molecule has 5 heteroatoms. The zero-order chi connectivity index (χ0) is 16.2. The molecule has 1 unspecified atom stereocenters. The molecule has 4 nitrogen and oxygen atoms in total. The Bertz CT molecular complexity index is 629. The number of hydrogen-bond donors (Lipinski definition) is 2. The Hall–Kier alpha value is -1.43. The fourth-order valence-corrected chi connectivity index (χ4v) is 4.01. The molecule has 0 bridgehead atoms. The van der Waals surface area contributed by atoms with E-state index in [0.717, 1.165) is 46.8 Å². The van der Waals surface area contributed by atoms with Gasteiger partial charge in [0.15, 0.2) is 0 Å². The van der Waals surface area contributed by atoms with Crippen molar-refractivity contribution in [3.05, 3.63) is 35.2 Å². The van der Waals surface area contributed by atoms with Gasteiger partial charge in [-0.25, -0.2) is 0 Å². The average Bonchev–Trinajstić information content (AvgIpc) is 2.99. The Balaban J connectivity index is 1.48. The molecule has 1 atom stereocenters. The van der Waals surface area contributed by atoms with Gasteiger partial charge in [-0.2, -0.15) is 0 Å². The van der Waals surface area contributed by atoms with Gasteiger partial charge in [-0.05, 0) is 49.4 Å². The van der Waals surface area contributed by atoms with Crippen LogP contribution in [0.2, 0.25) is 0 Å². The zero-order valence-corrected chi connectivity index (χ0v) is 14.3. The molecule has 1 aromatic carbocycles. The van der Waals surface area contributed by atoms with Gasteiger partial charge in [0.25, 0.3) is 0 Å². The number of fused-ring (bicyclic) bond motifs is 1. The number of aliphatic hydroxyl groups is 1. The van der Waals surface area contributed by atoms with Crippen LogP contribution in [0.15, 0.2) is 30.3 Å². The highest BCUT2D eigenvalue weighted by Gasteiger charge is 2.18. The smallest absolute Gasteiger partial charge is 0.234 e. The molecular formula is C18H24N2O2S. The summed E-state index contributed by atoms with van der Waals surface area (Å²) in [6.07, 6.45) is 1.69. The lowest BCUT2D eigenvalue weighted by molar-refractivity contribution is -0.123. The maximum absolute atomic E-state index is 12.0. The third-order valence-electron chi connectivity index (χ3n) is 4.51. The van der Waals surface area contributed by atoms with Crippen molar-refractivity contribution in [1.29, 1.82) is 0 Å². The standard InChI is InChI=1S/C18H24N2O2S/c1-13-6-8-20(9-7-13)12-18(22)19-11-15(21)17-10-14-4-2-3-5-16(14)23-17/h2-5,10,13,15,21H,6-9,11-12H2,1H3,(H,19,22). The highest BCUT2D eigenvalue weighted by atomic mass is 32.1. The summed E-state index contributed by atoms with van der Waals surface area (Å²) < 4.78 is 1.16. The second-order valence-electron chi connectivity index (χ2n) is 6.47. The summed E-state index contributed by atoms with van der Waals surface area (Å²) in [6.45, 7) is 4.96. The lowest BCUT2D eigenvalue weighted by atomic mass is 9.99. The van der Waals surface area contributed by atoms with Crippen LogP contribution in [0.3, 0.4) is 0 Å². The third-order valence-corrected chi connectivity index (χ3v) is 5.73. The van der Waals surface area contributed by atoms with E-state index in [4.69, 9.17) is 0 Å². The van der Waals surface area contributed by atoms with E-state index >= 15 is 0 Å². The summed E-state index contributed by atoms with van der Waals surface area (Å²) >= 11 is 1.58. The van der Waals surface area contributed by atoms with Crippen molar-refractivity contribution in [2.24, 2.45) is 5.92 Å². The predicted molar refractivity (Wildman–Crippen MR) is 94.6 cm³/mol. The van der Waals surface area contributed by atoms with E-state index in [-0.39, 0.29) is 12.5 Å². The number of hydrogen-bond acceptors (Lipinski definition) is 4. The number of likely N-dealkylation sites (tertiary alicyclic amines) is 1. The summed E-state index contributed by atoms with van der Waals surface area (Å²) in [5.74, 6) is 0.767. The zero-order valence-electron chi connectivity index (χ0n) is 13.5. The molecule has 23 heavy (non-hydrogen) atoms. The molecule has 1 aromatic heterocycles. The third kappa shape index (κ3) is 4.31. The number of nitrogens with zero attached hydrogens (tertiary/aromatic N) is 1. The first-order valence-electron chi connectivity index (χ1n) is 8.27. The van der Waals surface area contributed by atoms with Crippen LogP contribution < -0.4 is 5.32 Å². The van der Waals surface area contributed by atoms with E-state index in [0.29, 0.717) is 6.54 Å². The second-order valence-corrected chi connectivity index (χ2v) is 7.58. The molecular weight excluding hydrogens is 308 g/mol. The summed E-state index contributed by atoms with van der Waals surface area (Å²) in [5, 5.41) is 14.3. The van der Waals surface area contributed by atoms with Crippen molar-refractivity contribution < 1.29 is 9.90 Å². The normalized spacial score (nSPS) is 18.2. The van der Waals surface area contributed by atoms with Gasteiger partial charge >= 0.3 is 0 Å². The van der Waals surface area contributed by atoms with Crippen LogP contribution in [0.1, 0.15) is 30.7 Å². The minimum absolute atomic E-state index is 0.000265. The van der Waals surface area contributed by atoms with E-state index in [1.165, 1.54) is 0 Å². The average molecular weight is 332 g/mol. The van der Waals surface area contributed by atoms with Gasteiger partial charge in [-0.3, -0.25) is 9.69 Å². The van der Waals surface area contributed by atoms with Crippen LogP contribution in [-0.4, -0.2) is 42.1 Å². The number of nitrogens with one attached hydrogen (secondary N) is 1. The fraction of sp³-hybridized carbons (Fsp3) is 0.500. The number of thiophene rings is 1. The van der Waals surface area contributed by atoms with E-state index in [1.807, 2.05) is 30.3 Å². The van der Waals surface area contributed by atoms with Crippen molar-refractivity contribution in [2.45, 2.75) is 25.9 Å². The Morgan fingerprint density at radius 1 is 1.39 bits per heavy atom. The van der Waals surface area contributed by atoms with E-state index in [1.54, 1.807) is 11.3 Å². The molecule has 2 heterocycles. The number of carbonyl (C=O) groups excluding carboxylic acids is 1. The molecule has 0 saturated carbocycles. The molecule has 1 fully saturated rings. The number of amides is 1. The van der Waals surface area contributed by atoms with Crippen LogP contribution >= 0.6 is 11.3 Å². The first kappa shape index (κ1) is 16.4. The SMILES string of the molecule is CC1CCN(CC(=O)NCC(O)c2cc3ccccc3s2)CC1.